The van der Waals surface area contributed by atoms with Gasteiger partial charge in [0.15, 0.2) is 5.96 Å². The average molecular weight is 312 g/mol. The summed E-state index contributed by atoms with van der Waals surface area (Å²) in [5, 5.41) is 16.6. The molecule has 0 aliphatic rings. The first-order valence-electron chi connectivity index (χ1n) is 5.86. The molecule has 1 aromatic rings. The van der Waals surface area contributed by atoms with E-state index in [0.29, 0.717) is 5.96 Å². The number of rotatable bonds is 4. The first-order valence-corrected chi connectivity index (χ1v) is 6.57. The molecule has 0 aliphatic heterocycles. The van der Waals surface area contributed by atoms with Gasteiger partial charge in [-0.1, -0.05) is 31.5 Å². The zero-order valence-corrected chi connectivity index (χ0v) is 11.9. The van der Waals surface area contributed by atoms with E-state index in [-0.39, 0.29) is 5.96 Å². The lowest BCUT2D eigenvalue weighted by atomic mass is 10.3. The first-order chi connectivity index (χ1) is 8.76. The molecular weight excluding hydrogens is 294 g/mol. The van der Waals surface area contributed by atoms with E-state index in [2.05, 4.69) is 43.0 Å². The fraction of sp³-hybridized carbons (Fsp3) is 0.333. The second-order valence-electron chi connectivity index (χ2n) is 3.70. The van der Waals surface area contributed by atoms with Crippen molar-refractivity contribution in [3.05, 3.63) is 30.3 Å². The van der Waals surface area contributed by atoms with Gasteiger partial charge in [0, 0.05) is 12.2 Å². The van der Waals surface area contributed by atoms with Crippen molar-refractivity contribution in [3.8, 4) is 0 Å². The molecule has 0 unspecified atom stereocenters. The van der Waals surface area contributed by atoms with Crippen LogP contribution in [0, 0.1) is 5.41 Å². The summed E-state index contributed by atoms with van der Waals surface area (Å²) in [6.07, 6.45) is 2.18. The number of hydrogen-bond acceptors (Lipinski definition) is 2. The molecule has 0 amide bonds. The molecule has 0 radical (unpaired) electrons. The number of hydrogen-bond donors (Lipinski definition) is 4. The monoisotopic (exact) mass is 311 g/mol. The lowest BCUT2D eigenvalue weighted by Gasteiger charge is -2.12. The van der Waals surface area contributed by atoms with E-state index < -0.39 is 0 Å². The van der Waals surface area contributed by atoms with Crippen LogP contribution in [0.4, 0.5) is 5.69 Å². The van der Waals surface area contributed by atoms with Crippen molar-refractivity contribution >= 4 is 33.8 Å². The predicted octanol–water partition coefficient (Wildman–Crippen LogP) is 2.68. The lowest BCUT2D eigenvalue weighted by molar-refractivity contribution is 0.748. The summed E-state index contributed by atoms with van der Waals surface area (Å²) in [6, 6.07) is 9.54. The molecule has 0 bridgehead atoms. The van der Waals surface area contributed by atoms with Gasteiger partial charge in [0.2, 0.25) is 5.96 Å². The topological polar surface area (TPSA) is 72.3 Å². The average Bonchev–Trinajstić information content (AvgIpc) is 2.39. The van der Waals surface area contributed by atoms with E-state index >= 15 is 0 Å². The quantitative estimate of drug-likeness (QED) is 0.392. The van der Waals surface area contributed by atoms with Gasteiger partial charge in [-0.05, 0) is 18.6 Å². The number of anilines is 1. The second kappa shape index (κ2) is 8.52. The highest BCUT2D eigenvalue weighted by Gasteiger charge is 2.01. The van der Waals surface area contributed by atoms with Crippen molar-refractivity contribution in [2.75, 3.05) is 11.9 Å². The molecule has 0 fully saturated rings. The Morgan fingerprint density at radius 2 is 2.06 bits per heavy atom. The third kappa shape index (κ3) is 5.67. The summed E-state index contributed by atoms with van der Waals surface area (Å²) in [5.74, 6) is 0.695. The Labute approximate surface area is 116 Å². The van der Waals surface area contributed by atoms with Gasteiger partial charge in [0.25, 0.3) is 0 Å². The van der Waals surface area contributed by atoms with Crippen LogP contribution in [0.5, 0.6) is 0 Å². The summed E-state index contributed by atoms with van der Waals surface area (Å²) in [5.41, 5.74) is 0.859. The van der Waals surface area contributed by atoms with E-state index in [1.807, 2.05) is 30.3 Å². The van der Waals surface area contributed by atoms with E-state index in [9.17, 15) is 0 Å². The number of guanidine groups is 2. The Morgan fingerprint density at radius 1 is 1.33 bits per heavy atom. The summed E-state index contributed by atoms with van der Waals surface area (Å²) in [6.45, 7) is 2.95. The van der Waals surface area contributed by atoms with Crippen LogP contribution in [0.15, 0.2) is 34.4 Å². The third-order valence-corrected chi connectivity index (χ3v) is 2.55. The molecule has 0 spiro atoms. The maximum absolute atomic E-state index is 7.78. The highest BCUT2D eigenvalue weighted by molar-refractivity contribution is 9.08. The molecule has 4 N–H and O–H groups in total. The highest BCUT2D eigenvalue weighted by Crippen LogP contribution is 2.03. The molecule has 1 rings (SSSR count). The Kier molecular flexibility index (Phi) is 6.86. The number of para-hydroxylation sites is 1. The summed E-state index contributed by atoms with van der Waals surface area (Å²) in [4.78, 5) is 0. The van der Waals surface area contributed by atoms with Crippen LogP contribution in [-0.2, 0) is 0 Å². The Bertz CT molecular complexity index is 391. The summed E-state index contributed by atoms with van der Waals surface area (Å²) < 4.78 is 3.87. The molecule has 5 nitrogen and oxygen atoms in total. The third-order valence-electron chi connectivity index (χ3n) is 2.19. The van der Waals surface area contributed by atoms with Crippen molar-refractivity contribution in [3.63, 3.8) is 0 Å². The van der Waals surface area contributed by atoms with Gasteiger partial charge in [-0.25, -0.2) is 0 Å². The molecular formula is C12H18BrN5. The highest BCUT2D eigenvalue weighted by atomic mass is 79.9. The van der Waals surface area contributed by atoms with Crippen LogP contribution >= 0.6 is 16.1 Å². The maximum atomic E-state index is 7.78. The van der Waals surface area contributed by atoms with Gasteiger partial charge in [-0.15, -0.1) is 0 Å². The Balaban J connectivity index is 2.38. The maximum Gasteiger partial charge on any atom is 0.209 e. The van der Waals surface area contributed by atoms with E-state index in [4.69, 9.17) is 5.41 Å². The standard InChI is InChI=1S/C12H18BrN5/c1-2-3-9-15-12(18-13)17-11(14)16-10-7-5-4-6-8-10/h4-8H,2-3,9H2,1H3,(H4,14,15,16,17,18). The SMILES string of the molecule is CCCCNC(=NBr)NC(=N)Nc1ccccc1. The van der Waals surface area contributed by atoms with Crippen LogP contribution in [0.25, 0.3) is 0 Å². The minimum atomic E-state index is 0.170. The molecule has 1 aromatic carbocycles. The fourth-order valence-electron chi connectivity index (χ4n) is 1.29. The molecule has 0 heterocycles. The van der Waals surface area contributed by atoms with Crippen molar-refractivity contribution in [2.45, 2.75) is 19.8 Å². The first kappa shape index (κ1) is 14.5. The van der Waals surface area contributed by atoms with Crippen molar-refractivity contribution < 1.29 is 0 Å². The molecule has 98 valence electrons. The zero-order chi connectivity index (χ0) is 13.2. The molecule has 0 aromatic heterocycles. The van der Waals surface area contributed by atoms with Crippen LogP contribution in [-0.4, -0.2) is 18.5 Å². The van der Waals surface area contributed by atoms with Gasteiger partial charge in [0.05, 0.1) is 16.1 Å². The minimum Gasteiger partial charge on any atom is -0.355 e. The Morgan fingerprint density at radius 3 is 2.67 bits per heavy atom. The van der Waals surface area contributed by atoms with E-state index in [1.165, 1.54) is 0 Å². The van der Waals surface area contributed by atoms with Gasteiger partial charge in [-0.3, -0.25) is 10.7 Å². The smallest absolute Gasteiger partial charge is 0.209 e. The number of benzene rings is 1. The number of unbranched alkanes of at least 4 members (excludes halogenated alkanes) is 1. The summed E-state index contributed by atoms with van der Waals surface area (Å²) in [7, 11) is 0. The lowest BCUT2D eigenvalue weighted by Crippen LogP contribution is -2.43. The van der Waals surface area contributed by atoms with E-state index in [1.54, 1.807) is 0 Å². The predicted molar refractivity (Wildman–Crippen MR) is 80.2 cm³/mol. The van der Waals surface area contributed by atoms with Crippen molar-refractivity contribution in [2.24, 2.45) is 4.02 Å². The van der Waals surface area contributed by atoms with Crippen LogP contribution in [0.1, 0.15) is 19.8 Å². The van der Waals surface area contributed by atoms with Gasteiger partial charge in [-0.2, -0.15) is 4.02 Å². The second-order valence-corrected chi connectivity index (χ2v) is 4.06. The molecule has 0 atom stereocenters. The Hall–Kier alpha value is -1.56. The minimum absolute atomic E-state index is 0.170. The molecule has 0 aliphatic carbocycles. The van der Waals surface area contributed by atoms with Crippen LogP contribution in [0.2, 0.25) is 0 Å². The largest absolute Gasteiger partial charge is 0.355 e. The van der Waals surface area contributed by atoms with E-state index in [0.717, 1.165) is 25.1 Å². The van der Waals surface area contributed by atoms with Crippen LogP contribution in [0.3, 0.4) is 0 Å². The molecule has 0 saturated heterocycles. The number of halogens is 1. The normalized spacial score (nSPS) is 10.9. The van der Waals surface area contributed by atoms with Gasteiger partial charge < -0.3 is 10.6 Å². The molecule has 0 saturated carbocycles. The zero-order valence-electron chi connectivity index (χ0n) is 10.3. The van der Waals surface area contributed by atoms with Crippen molar-refractivity contribution in [1.29, 1.82) is 5.41 Å². The van der Waals surface area contributed by atoms with Crippen molar-refractivity contribution in [1.82, 2.24) is 10.6 Å². The summed E-state index contributed by atoms with van der Waals surface area (Å²) >= 11 is 3.02. The number of nitrogens with zero attached hydrogens (tertiary/aromatic N) is 1. The fourth-order valence-corrected chi connectivity index (χ4v) is 1.51. The van der Waals surface area contributed by atoms with Crippen LogP contribution < -0.4 is 16.0 Å². The van der Waals surface area contributed by atoms with Gasteiger partial charge in [0.1, 0.15) is 0 Å². The molecule has 6 heteroatoms. The van der Waals surface area contributed by atoms with Gasteiger partial charge >= 0.3 is 0 Å². The molecule has 18 heavy (non-hydrogen) atoms. The number of nitrogens with one attached hydrogen (secondary N) is 4.